The summed E-state index contributed by atoms with van der Waals surface area (Å²) < 4.78 is 29.7. The fraction of sp³-hybridized carbons (Fsp3) is 0.185. The third-order valence-electron chi connectivity index (χ3n) is 5.53. The van der Waals surface area contributed by atoms with E-state index in [2.05, 4.69) is 10.4 Å². The zero-order valence-corrected chi connectivity index (χ0v) is 23.7. The SMILES string of the molecule is CC(C)CN(CC(=O)Nc1cc(-c2ccccc2)nn1-c1ccccc1Cl)S(=O)(=O)c1cc(Cl)ccc1Cl. The standard InChI is InChI=1S/C27H25Cl3N4O3S/c1-18(2)16-33(38(36,37)25-14-20(28)12-13-22(25)30)17-27(35)31-26-15-23(19-8-4-3-5-9-19)32-34(26)24-11-7-6-10-21(24)29/h3-15,18H,16-17H2,1-2H3,(H,31,35). The molecule has 7 nitrogen and oxygen atoms in total. The van der Waals surface area contributed by atoms with Crippen LogP contribution in [0.2, 0.25) is 15.1 Å². The highest BCUT2D eigenvalue weighted by molar-refractivity contribution is 7.89. The second-order valence-corrected chi connectivity index (χ2v) is 12.1. The maximum atomic E-state index is 13.5. The lowest BCUT2D eigenvalue weighted by Gasteiger charge is -2.24. The number of carbonyl (C=O) groups excluding carboxylic acids is 1. The molecule has 4 rings (SSSR count). The molecule has 0 unspecified atom stereocenters. The van der Waals surface area contributed by atoms with E-state index in [-0.39, 0.29) is 27.4 Å². The number of hydrogen-bond acceptors (Lipinski definition) is 4. The zero-order chi connectivity index (χ0) is 27.4. The lowest BCUT2D eigenvalue weighted by molar-refractivity contribution is -0.116. The number of rotatable bonds is 9. The van der Waals surface area contributed by atoms with Crippen LogP contribution in [-0.2, 0) is 14.8 Å². The molecule has 0 aliphatic carbocycles. The van der Waals surface area contributed by atoms with Crippen LogP contribution in [0.5, 0.6) is 0 Å². The number of nitrogens with zero attached hydrogens (tertiary/aromatic N) is 3. The van der Waals surface area contributed by atoms with E-state index in [0.717, 1.165) is 9.87 Å². The van der Waals surface area contributed by atoms with E-state index in [1.54, 1.807) is 24.3 Å². The van der Waals surface area contributed by atoms with E-state index < -0.39 is 22.5 Å². The Morgan fingerprint density at radius 2 is 1.63 bits per heavy atom. The highest BCUT2D eigenvalue weighted by Crippen LogP contribution is 2.30. The first-order valence-electron chi connectivity index (χ1n) is 11.7. The van der Waals surface area contributed by atoms with Crippen molar-refractivity contribution in [2.75, 3.05) is 18.4 Å². The Hall–Kier alpha value is -2.88. The summed E-state index contributed by atoms with van der Waals surface area (Å²) in [6.07, 6.45) is 0. The van der Waals surface area contributed by atoms with Crippen LogP contribution in [0.4, 0.5) is 5.82 Å². The van der Waals surface area contributed by atoms with Crippen molar-refractivity contribution in [1.82, 2.24) is 14.1 Å². The van der Waals surface area contributed by atoms with Crippen molar-refractivity contribution in [3.05, 3.63) is 93.9 Å². The monoisotopic (exact) mass is 590 g/mol. The highest BCUT2D eigenvalue weighted by Gasteiger charge is 2.30. The number of sulfonamides is 1. The van der Waals surface area contributed by atoms with Crippen molar-refractivity contribution in [2.45, 2.75) is 18.7 Å². The summed E-state index contributed by atoms with van der Waals surface area (Å²) in [5, 5.41) is 8.16. The molecule has 0 aliphatic rings. The van der Waals surface area contributed by atoms with Crippen molar-refractivity contribution in [2.24, 2.45) is 5.92 Å². The van der Waals surface area contributed by atoms with E-state index in [1.807, 2.05) is 50.2 Å². The fourth-order valence-corrected chi connectivity index (χ4v) is 6.35. The summed E-state index contributed by atoms with van der Waals surface area (Å²) in [4.78, 5) is 13.1. The molecule has 3 aromatic carbocycles. The maximum Gasteiger partial charge on any atom is 0.245 e. The lowest BCUT2D eigenvalue weighted by Crippen LogP contribution is -2.40. The molecule has 4 aromatic rings. The van der Waals surface area contributed by atoms with Gasteiger partial charge in [0.15, 0.2) is 0 Å². The molecule has 0 aliphatic heterocycles. The summed E-state index contributed by atoms with van der Waals surface area (Å²) in [7, 11) is -4.13. The van der Waals surface area contributed by atoms with Gasteiger partial charge < -0.3 is 5.32 Å². The van der Waals surface area contributed by atoms with Gasteiger partial charge in [-0.05, 0) is 36.2 Å². The predicted molar refractivity (Wildman–Crippen MR) is 153 cm³/mol. The number of amides is 1. The van der Waals surface area contributed by atoms with Crippen LogP contribution in [0.1, 0.15) is 13.8 Å². The van der Waals surface area contributed by atoms with Crippen molar-refractivity contribution >= 4 is 56.6 Å². The van der Waals surface area contributed by atoms with Crippen molar-refractivity contribution < 1.29 is 13.2 Å². The van der Waals surface area contributed by atoms with Crippen LogP contribution in [0.25, 0.3) is 16.9 Å². The smallest absolute Gasteiger partial charge is 0.245 e. The van der Waals surface area contributed by atoms with E-state index in [4.69, 9.17) is 34.8 Å². The average molecular weight is 592 g/mol. The average Bonchev–Trinajstić information content (AvgIpc) is 3.29. The van der Waals surface area contributed by atoms with Gasteiger partial charge in [-0.25, -0.2) is 13.1 Å². The molecule has 0 saturated carbocycles. The number of anilines is 1. The largest absolute Gasteiger partial charge is 0.309 e. The number of nitrogens with one attached hydrogen (secondary N) is 1. The van der Waals surface area contributed by atoms with Gasteiger partial charge in [0.2, 0.25) is 15.9 Å². The first-order chi connectivity index (χ1) is 18.1. The Labute approximate surface area is 237 Å². The minimum atomic E-state index is -4.13. The summed E-state index contributed by atoms with van der Waals surface area (Å²) in [6.45, 7) is 3.37. The molecular formula is C27H25Cl3N4O3S. The first kappa shape index (κ1) is 28.1. The van der Waals surface area contributed by atoms with Gasteiger partial charge in [0.05, 0.1) is 28.0 Å². The summed E-state index contributed by atoms with van der Waals surface area (Å²) in [5.74, 6) is -0.279. The Morgan fingerprint density at radius 1 is 0.947 bits per heavy atom. The Balaban J connectivity index is 1.68. The van der Waals surface area contributed by atoms with E-state index in [9.17, 15) is 13.2 Å². The molecule has 1 N–H and O–H groups in total. The molecule has 1 aromatic heterocycles. The summed E-state index contributed by atoms with van der Waals surface area (Å²) in [5.41, 5.74) is 2.01. The van der Waals surface area contributed by atoms with Crippen LogP contribution in [0.15, 0.2) is 83.8 Å². The first-order valence-corrected chi connectivity index (χ1v) is 14.3. The summed E-state index contributed by atoms with van der Waals surface area (Å²) >= 11 is 18.7. The van der Waals surface area contributed by atoms with Gasteiger partial charge in [-0.3, -0.25) is 4.79 Å². The van der Waals surface area contributed by atoms with Crippen molar-refractivity contribution in [3.63, 3.8) is 0 Å². The van der Waals surface area contributed by atoms with Gasteiger partial charge in [0.1, 0.15) is 10.7 Å². The van der Waals surface area contributed by atoms with Gasteiger partial charge in [0.25, 0.3) is 0 Å². The van der Waals surface area contributed by atoms with Crippen LogP contribution < -0.4 is 5.32 Å². The zero-order valence-electron chi connectivity index (χ0n) is 20.6. The lowest BCUT2D eigenvalue weighted by atomic mass is 10.1. The topological polar surface area (TPSA) is 84.3 Å². The Kier molecular flexibility index (Phi) is 8.80. The third-order valence-corrected chi connectivity index (χ3v) is 8.37. The van der Waals surface area contributed by atoms with Gasteiger partial charge in [-0.1, -0.05) is 91.1 Å². The molecule has 0 spiro atoms. The predicted octanol–water partition coefficient (Wildman–Crippen LogP) is 6.78. The molecule has 0 fully saturated rings. The van der Waals surface area contributed by atoms with E-state index in [0.29, 0.717) is 22.2 Å². The third kappa shape index (κ3) is 6.39. The van der Waals surface area contributed by atoms with Crippen LogP contribution >= 0.6 is 34.8 Å². The van der Waals surface area contributed by atoms with Gasteiger partial charge >= 0.3 is 0 Å². The second-order valence-electron chi connectivity index (χ2n) is 8.96. The number of para-hydroxylation sites is 1. The number of halogens is 3. The molecule has 0 bridgehead atoms. The van der Waals surface area contributed by atoms with Gasteiger partial charge in [-0.15, -0.1) is 0 Å². The maximum absolute atomic E-state index is 13.5. The van der Waals surface area contributed by atoms with E-state index in [1.165, 1.54) is 22.9 Å². The molecule has 38 heavy (non-hydrogen) atoms. The molecule has 0 radical (unpaired) electrons. The van der Waals surface area contributed by atoms with Crippen LogP contribution in [-0.4, -0.2) is 41.5 Å². The molecule has 11 heteroatoms. The number of aromatic nitrogens is 2. The number of hydrogen-bond donors (Lipinski definition) is 1. The minimum absolute atomic E-state index is 0.0212. The minimum Gasteiger partial charge on any atom is -0.309 e. The normalized spacial score (nSPS) is 11.8. The summed E-state index contributed by atoms with van der Waals surface area (Å²) in [6, 6.07) is 22.5. The second kappa shape index (κ2) is 11.9. The van der Waals surface area contributed by atoms with Crippen LogP contribution in [0.3, 0.4) is 0 Å². The van der Waals surface area contributed by atoms with Gasteiger partial charge in [-0.2, -0.15) is 9.40 Å². The van der Waals surface area contributed by atoms with Crippen molar-refractivity contribution in [3.8, 4) is 16.9 Å². The van der Waals surface area contributed by atoms with Gasteiger partial charge in [0, 0.05) is 23.2 Å². The fourth-order valence-electron chi connectivity index (χ4n) is 3.84. The molecule has 0 saturated heterocycles. The highest BCUT2D eigenvalue weighted by atomic mass is 35.5. The molecule has 198 valence electrons. The number of benzene rings is 3. The number of carbonyl (C=O) groups is 1. The quantitative estimate of drug-likeness (QED) is 0.232. The Morgan fingerprint density at radius 3 is 2.32 bits per heavy atom. The van der Waals surface area contributed by atoms with E-state index >= 15 is 0 Å². The molecule has 1 amide bonds. The Bertz CT molecular complexity index is 1560. The molecule has 0 atom stereocenters. The molecular weight excluding hydrogens is 567 g/mol. The van der Waals surface area contributed by atoms with Crippen LogP contribution in [0, 0.1) is 5.92 Å². The van der Waals surface area contributed by atoms with Crippen molar-refractivity contribution in [1.29, 1.82) is 0 Å². The molecule has 1 heterocycles.